The number of rotatable bonds is 2. The number of hydrogen-bond acceptors (Lipinski definition) is 6. The van der Waals surface area contributed by atoms with Crippen molar-refractivity contribution in [1.82, 2.24) is 4.90 Å². The van der Waals surface area contributed by atoms with E-state index in [0.717, 1.165) is 16.8 Å². The van der Waals surface area contributed by atoms with Gasteiger partial charge in [0, 0.05) is 29.6 Å². The first kappa shape index (κ1) is 22.2. The summed E-state index contributed by atoms with van der Waals surface area (Å²) in [5.41, 5.74) is 9.09. The molecule has 0 aromatic heterocycles. The summed E-state index contributed by atoms with van der Waals surface area (Å²) in [5.74, 6) is 0.127. The zero-order chi connectivity index (χ0) is 23.0. The number of carbonyl (C=O) groups is 1. The molecular formula is C26H26N4O3. The quantitative estimate of drug-likeness (QED) is 0.719. The summed E-state index contributed by atoms with van der Waals surface area (Å²) < 4.78 is 11.6. The Balaban J connectivity index is 1.71. The Kier molecular flexibility index (Phi) is 7.09. The van der Waals surface area contributed by atoms with E-state index in [1.807, 2.05) is 36.4 Å². The molecule has 2 radical (unpaired) electrons. The van der Waals surface area contributed by atoms with Crippen LogP contribution in [0.3, 0.4) is 0 Å². The van der Waals surface area contributed by atoms with Gasteiger partial charge in [0.25, 0.3) is 5.91 Å². The van der Waals surface area contributed by atoms with Crippen LogP contribution in [0.4, 0.5) is 5.69 Å². The molecule has 2 atom stereocenters. The molecule has 2 unspecified atom stereocenters. The Morgan fingerprint density at radius 2 is 2.09 bits per heavy atom. The molecule has 168 valence electrons. The molecule has 33 heavy (non-hydrogen) atoms. The number of fused-ring (bicyclic) bond motifs is 3. The number of anilines is 1. The van der Waals surface area contributed by atoms with Crippen molar-refractivity contribution in [3.05, 3.63) is 109 Å². The minimum absolute atomic E-state index is 0.0105. The lowest BCUT2D eigenvalue weighted by Gasteiger charge is -2.32. The van der Waals surface area contributed by atoms with E-state index in [2.05, 4.69) is 22.5 Å². The third-order valence-corrected chi connectivity index (χ3v) is 5.50. The van der Waals surface area contributed by atoms with Crippen LogP contribution in [0.2, 0.25) is 0 Å². The molecule has 7 nitrogen and oxygen atoms in total. The van der Waals surface area contributed by atoms with E-state index in [-0.39, 0.29) is 12.0 Å². The first-order valence-corrected chi connectivity index (χ1v) is 10.7. The van der Waals surface area contributed by atoms with Crippen LogP contribution in [0, 0.1) is 6.92 Å². The molecule has 0 spiro atoms. The number of allylic oxidation sites excluding steroid dienone is 6. The average molecular weight is 443 g/mol. The number of nitrogens with two attached hydrogens (primary N) is 1. The number of carbonyl (C=O) groups excluding carboxylic acids is 1. The molecule has 3 heterocycles. The van der Waals surface area contributed by atoms with Crippen LogP contribution in [-0.2, 0) is 14.3 Å². The van der Waals surface area contributed by atoms with Gasteiger partial charge in [-0.05, 0) is 43.5 Å². The minimum atomic E-state index is -0.537. The molecule has 0 fully saturated rings. The summed E-state index contributed by atoms with van der Waals surface area (Å²) in [6.45, 7) is 6.63. The number of nitrogens with zero attached hydrogens (tertiary/aromatic N) is 2. The summed E-state index contributed by atoms with van der Waals surface area (Å²) in [7, 11) is 0. The molecule has 1 aromatic rings. The summed E-state index contributed by atoms with van der Waals surface area (Å²) in [6.07, 6.45) is 18.0. The maximum atomic E-state index is 12.0. The van der Waals surface area contributed by atoms with Gasteiger partial charge in [-0.15, -0.1) is 0 Å². The summed E-state index contributed by atoms with van der Waals surface area (Å²) in [5, 5.41) is 3.43. The molecule has 3 aliphatic rings. The Hall–Kier alpha value is -4.00. The molecule has 1 aromatic carbocycles. The van der Waals surface area contributed by atoms with Crippen molar-refractivity contribution in [3.63, 3.8) is 0 Å². The van der Waals surface area contributed by atoms with Gasteiger partial charge in [0.2, 0.25) is 0 Å². The zero-order valence-electron chi connectivity index (χ0n) is 18.1. The maximum absolute atomic E-state index is 12.0. The minimum Gasteiger partial charge on any atom is -0.469 e. The molecule has 4 rings (SSSR count). The van der Waals surface area contributed by atoms with Crippen LogP contribution in [-0.4, -0.2) is 29.9 Å². The van der Waals surface area contributed by atoms with Crippen molar-refractivity contribution in [2.24, 2.45) is 10.7 Å². The number of para-hydroxylation sites is 1. The van der Waals surface area contributed by atoms with Gasteiger partial charge in [-0.25, -0.2) is 4.99 Å². The number of hydrogen-bond donors (Lipinski definition) is 2. The van der Waals surface area contributed by atoms with Gasteiger partial charge < -0.3 is 25.4 Å². The van der Waals surface area contributed by atoms with E-state index in [1.165, 1.54) is 18.9 Å². The van der Waals surface area contributed by atoms with Crippen molar-refractivity contribution >= 4 is 18.0 Å². The fourth-order valence-corrected chi connectivity index (χ4v) is 3.99. The third-order valence-electron chi connectivity index (χ3n) is 5.50. The standard InChI is InChI=1S/C26H26N4O3/c1-2-20-21-10-7-8-12-23(21)29-26-22(20)11-6-4-3-5-9-15-32-18-28-13-14-30-17-19(33-26)16-24(30)25(27)31/h1,3-10,12-16,18-20,29H,2,11,17H2,(H2,27,31)/b5-3+,6-4+,14-13+,15-9+,28-18-. The Labute approximate surface area is 194 Å². The number of ether oxygens (including phenoxy) is 2. The van der Waals surface area contributed by atoms with Crippen LogP contribution in [0.1, 0.15) is 24.3 Å². The van der Waals surface area contributed by atoms with Crippen molar-refractivity contribution in [3.8, 4) is 0 Å². The van der Waals surface area contributed by atoms with Crippen LogP contribution < -0.4 is 11.1 Å². The normalized spacial score (nSPS) is 27.2. The molecular weight excluding hydrogens is 416 g/mol. The maximum Gasteiger partial charge on any atom is 0.265 e. The molecule has 3 aliphatic heterocycles. The van der Waals surface area contributed by atoms with Crippen molar-refractivity contribution in [2.75, 3.05) is 11.9 Å². The summed E-state index contributed by atoms with van der Waals surface area (Å²) in [6, 6.07) is 8.07. The summed E-state index contributed by atoms with van der Waals surface area (Å²) in [4.78, 5) is 17.7. The van der Waals surface area contributed by atoms with Gasteiger partial charge in [-0.3, -0.25) is 4.79 Å². The van der Waals surface area contributed by atoms with Crippen molar-refractivity contribution in [2.45, 2.75) is 24.9 Å². The van der Waals surface area contributed by atoms with Gasteiger partial charge in [-0.2, -0.15) is 0 Å². The predicted octanol–water partition coefficient (Wildman–Crippen LogP) is 4.12. The van der Waals surface area contributed by atoms with E-state index in [0.29, 0.717) is 31.0 Å². The highest BCUT2D eigenvalue weighted by atomic mass is 16.5. The smallest absolute Gasteiger partial charge is 0.265 e. The second-order valence-electron chi connectivity index (χ2n) is 7.61. The monoisotopic (exact) mass is 442 g/mol. The lowest BCUT2D eigenvalue weighted by Crippen LogP contribution is -2.28. The lowest BCUT2D eigenvalue weighted by atomic mass is 9.84. The highest BCUT2D eigenvalue weighted by Crippen LogP contribution is 2.41. The fraction of sp³-hybridized carbons (Fsp3) is 0.192. The topological polar surface area (TPSA) is 89.2 Å². The second-order valence-corrected chi connectivity index (χ2v) is 7.61. The van der Waals surface area contributed by atoms with E-state index in [9.17, 15) is 4.79 Å². The van der Waals surface area contributed by atoms with Crippen molar-refractivity contribution in [1.29, 1.82) is 0 Å². The fourth-order valence-electron chi connectivity index (χ4n) is 3.99. The Morgan fingerprint density at radius 3 is 2.94 bits per heavy atom. The van der Waals surface area contributed by atoms with E-state index >= 15 is 0 Å². The molecule has 0 aliphatic carbocycles. The first-order valence-electron chi connectivity index (χ1n) is 10.7. The van der Waals surface area contributed by atoms with E-state index in [1.54, 1.807) is 23.3 Å². The molecule has 1 amide bonds. The predicted molar refractivity (Wildman–Crippen MR) is 128 cm³/mol. The SMILES string of the molecule is [CH]CC1C2=C(Nc3ccccc31)OC1C=C(C(N)=O)N(/C=C/N=C\O/C=C/C=C/C=C/C2)C1. The van der Waals surface area contributed by atoms with Crippen LogP contribution in [0.5, 0.6) is 0 Å². The highest BCUT2D eigenvalue weighted by molar-refractivity contribution is 5.92. The van der Waals surface area contributed by atoms with E-state index in [4.69, 9.17) is 22.1 Å². The molecule has 0 saturated heterocycles. The average Bonchev–Trinajstić information content (AvgIpc) is 3.22. The highest BCUT2D eigenvalue weighted by Gasteiger charge is 2.31. The van der Waals surface area contributed by atoms with Crippen molar-refractivity contribution < 1.29 is 14.3 Å². The second kappa shape index (κ2) is 10.5. The molecule has 7 heteroatoms. The van der Waals surface area contributed by atoms with Gasteiger partial charge >= 0.3 is 0 Å². The van der Waals surface area contributed by atoms with Crippen LogP contribution in [0.25, 0.3) is 0 Å². The zero-order valence-corrected chi connectivity index (χ0v) is 18.1. The number of benzene rings is 1. The van der Waals surface area contributed by atoms with Crippen LogP contribution >= 0.6 is 0 Å². The van der Waals surface area contributed by atoms with Gasteiger partial charge in [0.05, 0.1) is 12.8 Å². The number of amides is 1. The van der Waals surface area contributed by atoms with Gasteiger partial charge in [0.1, 0.15) is 11.8 Å². The largest absolute Gasteiger partial charge is 0.469 e. The van der Waals surface area contributed by atoms with E-state index < -0.39 is 5.91 Å². The number of primary amides is 1. The number of nitrogens with one attached hydrogen (secondary N) is 1. The first-order chi connectivity index (χ1) is 16.2. The van der Waals surface area contributed by atoms with Gasteiger partial charge in [-0.1, -0.05) is 42.5 Å². The summed E-state index contributed by atoms with van der Waals surface area (Å²) >= 11 is 0. The lowest BCUT2D eigenvalue weighted by molar-refractivity contribution is -0.115. The molecule has 3 N–H and O–H groups in total. The Morgan fingerprint density at radius 1 is 1.24 bits per heavy atom. The third kappa shape index (κ3) is 5.26. The molecule has 0 saturated carbocycles. The molecule has 2 bridgehead atoms. The van der Waals surface area contributed by atoms with Crippen LogP contribution in [0.15, 0.2) is 102 Å². The number of aliphatic imine (C=N–C) groups is 1. The Bertz CT molecular complexity index is 1090. The van der Waals surface area contributed by atoms with Gasteiger partial charge in [0.15, 0.2) is 12.3 Å².